The zero-order valence-electron chi connectivity index (χ0n) is 22.0. The van der Waals surface area contributed by atoms with E-state index in [4.69, 9.17) is 26.2 Å². The molecule has 3 heterocycles. The number of ether oxygens (including phenoxy) is 2. The van der Waals surface area contributed by atoms with E-state index >= 15 is 0 Å². The van der Waals surface area contributed by atoms with Crippen LogP contribution in [0.3, 0.4) is 0 Å². The van der Waals surface area contributed by atoms with Gasteiger partial charge >= 0.3 is 6.03 Å². The third-order valence-electron chi connectivity index (χ3n) is 7.61. The second-order valence-electron chi connectivity index (χ2n) is 10.2. The van der Waals surface area contributed by atoms with Crippen LogP contribution < -0.4 is 10.6 Å². The molecule has 0 radical (unpaired) electrons. The zero-order chi connectivity index (χ0) is 27.4. The second kappa shape index (κ2) is 12.6. The van der Waals surface area contributed by atoms with Crippen molar-refractivity contribution in [3.63, 3.8) is 0 Å². The van der Waals surface area contributed by atoms with Crippen molar-refractivity contribution < 1.29 is 23.0 Å². The number of amides is 2. The Kier molecular flexibility index (Phi) is 8.96. The molecule has 2 saturated heterocycles. The first kappa shape index (κ1) is 27.8. The predicted molar refractivity (Wildman–Crippen MR) is 146 cm³/mol. The average molecular weight is 562 g/mol. The fourth-order valence-electron chi connectivity index (χ4n) is 5.53. The molecule has 5 rings (SSSR count). The van der Waals surface area contributed by atoms with Crippen molar-refractivity contribution in [3.05, 3.63) is 64.3 Å². The van der Waals surface area contributed by atoms with Gasteiger partial charge in [0.15, 0.2) is 17.5 Å². The molecular weight excluding hydrogens is 528 g/mol. The fraction of sp³-hybridized carbons (Fsp3) is 0.500. The SMILES string of the molecule is COCCN1C[C@@H](NC(=O)Nc2c(Cl)c(C3CCOCC3)nn2C2=CCCC=C2)[C@H](c2ccc(F)c(F)c2)C1. The number of rotatable bonds is 8. The Hall–Kier alpha value is -2.79. The maximum atomic E-state index is 14.1. The third-order valence-corrected chi connectivity index (χ3v) is 7.98. The van der Waals surface area contributed by atoms with E-state index in [-0.39, 0.29) is 17.9 Å². The van der Waals surface area contributed by atoms with Gasteiger partial charge in [0.25, 0.3) is 0 Å². The number of hydrogen-bond donors (Lipinski definition) is 2. The molecule has 1 aliphatic carbocycles. The van der Waals surface area contributed by atoms with E-state index in [1.165, 1.54) is 6.07 Å². The van der Waals surface area contributed by atoms with Crippen LogP contribution in [0.4, 0.5) is 19.4 Å². The lowest BCUT2D eigenvalue weighted by atomic mass is 9.94. The van der Waals surface area contributed by atoms with Crippen LogP contribution >= 0.6 is 11.6 Å². The van der Waals surface area contributed by atoms with Crippen LogP contribution in [0.15, 0.2) is 36.4 Å². The van der Waals surface area contributed by atoms with Gasteiger partial charge < -0.3 is 14.8 Å². The van der Waals surface area contributed by atoms with Crippen molar-refractivity contribution in [2.75, 3.05) is 51.9 Å². The summed E-state index contributed by atoms with van der Waals surface area (Å²) >= 11 is 6.86. The Labute approximate surface area is 232 Å². The molecule has 0 spiro atoms. The Bertz CT molecular complexity index is 1240. The number of urea groups is 1. The van der Waals surface area contributed by atoms with Crippen LogP contribution in [-0.4, -0.2) is 73.3 Å². The van der Waals surface area contributed by atoms with Crippen LogP contribution in [0.5, 0.6) is 0 Å². The summed E-state index contributed by atoms with van der Waals surface area (Å²) in [6.45, 7) is 3.58. The van der Waals surface area contributed by atoms with Crippen LogP contribution in [0, 0.1) is 11.6 Å². The highest BCUT2D eigenvalue weighted by Crippen LogP contribution is 2.38. The molecule has 1 aromatic heterocycles. The van der Waals surface area contributed by atoms with E-state index in [2.05, 4.69) is 27.7 Å². The number of nitrogens with zero attached hydrogens (tertiary/aromatic N) is 3. The predicted octanol–water partition coefficient (Wildman–Crippen LogP) is 5.14. The number of carbonyl (C=O) groups excluding carboxylic acids is 1. The first-order valence-corrected chi connectivity index (χ1v) is 13.8. The lowest BCUT2D eigenvalue weighted by Gasteiger charge is -2.21. The van der Waals surface area contributed by atoms with Crippen molar-refractivity contribution in [1.29, 1.82) is 0 Å². The Balaban J connectivity index is 1.38. The van der Waals surface area contributed by atoms with Gasteiger partial charge in [-0.15, -0.1) is 0 Å². The summed E-state index contributed by atoms with van der Waals surface area (Å²) in [6.07, 6.45) is 9.57. The number of anilines is 1. The minimum atomic E-state index is -0.906. The standard InChI is InChI=1S/C28H34ClF2N5O3/c1-38-14-11-35-16-21(19-7-8-22(30)23(31)15-19)24(17-35)32-28(37)33-27-25(29)26(18-9-12-39-13-10-18)34-36(27)20-5-3-2-4-6-20/h3,5-8,15,18,21,24H,2,4,9-14,16-17H2,1H3,(H2,32,33,37)/t21-,24+/m0/s1. The first-order valence-electron chi connectivity index (χ1n) is 13.4. The van der Waals surface area contributed by atoms with Crippen molar-refractivity contribution in [2.24, 2.45) is 0 Å². The van der Waals surface area contributed by atoms with Gasteiger partial charge in [-0.1, -0.05) is 29.8 Å². The fourth-order valence-corrected chi connectivity index (χ4v) is 5.85. The molecule has 2 fully saturated rings. The van der Waals surface area contributed by atoms with Crippen molar-refractivity contribution in [3.8, 4) is 0 Å². The van der Waals surface area contributed by atoms with Gasteiger partial charge in [0.05, 0.1) is 24.0 Å². The summed E-state index contributed by atoms with van der Waals surface area (Å²) < 4.78 is 40.1. The summed E-state index contributed by atoms with van der Waals surface area (Å²) in [6, 6.07) is 3.12. The number of carbonyl (C=O) groups is 1. The summed E-state index contributed by atoms with van der Waals surface area (Å²) in [5, 5.41) is 11.3. The minimum Gasteiger partial charge on any atom is -0.383 e. The molecule has 2 N–H and O–H groups in total. The molecule has 0 saturated carbocycles. The van der Waals surface area contributed by atoms with Gasteiger partial charge in [0.1, 0.15) is 5.02 Å². The summed E-state index contributed by atoms with van der Waals surface area (Å²) in [5.74, 6) is -1.48. The van der Waals surface area contributed by atoms with E-state index < -0.39 is 17.7 Å². The highest BCUT2D eigenvalue weighted by Gasteiger charge is 2.36. The molecule has 210 valence electrons. The molecule has 8 nitrogen and oxygen atoms in total. The molecule has 2 atom stereocenters. The molecule has 2 aromatic rings. The molecular formula is C28H34ClF2N5O3. The van der Waals surface area contributed by atoms with Crippen LogP contribution in [-0.2, 0) is 9.47 Å². The number of nitrogens with one attached hydrogen (secondary N) is 2. The van der Waals surface area contributed by atoms with E-state index in [1.54, 1.807) is 17.9 Å². The van der Waals surface area contributed by atoms with Crippen LogP contribution in [0.2, 0.25) is 5.02 Å². The summed E-state index contributed by atoms with van der Waals surface area (Å²) in [7, 11) is 1.63. The summed E-state index contributed by atoms with van der Waals surface area (Å²) in [4.78, 5) is 15.5. The van der Waals surface area contributed by atoms with Crippen molar-refractivity contribution >= 4 is 29.1 Å². The number of methoxy groups -OCH3 is 1. The highest BCUT2D eigenvalue weighted by atomic mass is 35.5. The van der Waals surface area contributed by atoms with E-state index in [1.807, 2.05) is 6.08 Å². The van der Waals surface area contributed by atoms with E-state index in [9.17, 15) is 13.6 Å². The van der Waals surface area contributed by atoms with Gasteiger partial charge in [0, 0.05) is 51.8 Å². The van der Waals surface area contributed by atoms with Gasteiger partial charge in [-0.25, -0.2) is 18.3 Å². The Morgan fingerprint density at radius 2 is 2.03 bits per heavy atom. The van der Waals surface area contributed by atoms with Gasteiger partial charge in [0.2, 0.25) is 0 Å². The quantitative estimate of drug-likeness (QED) is 0.467. The van der Waals surface area contributed by atoms with E-state index in [0.29, 0.717) is 55.9 Å². The minimum absolute atomic E-state index is 0.145. The number of benzene rings is 1. The molecule has 2 amide bonds. The van der Waals surface area contributed by atoms with Gasteiger partial charge in [-0.05, 0) is 49.5 Å². The number of aromatic nitrogens is 2. The lowest BCUT2D eigenvalue weighted by Crippen LogP contribution is -2.42. The number of allylic oxidation sites excluding steroid dienone is 4. The van der Waals surface area contributed by atoms with Gasteiger partial charge in [-0.2, -0.15) is 5.10 Å². The Morgan fingerprint density at radius 3 is 2.74 bits per heavy atom. The topological polar surface area (TPSA) is 80.7 Å². The zero-order valence-corrected chi connectivity index (χ0v) is 22.7. The molecule has 1 aromatic carbocycles. The van der Waals surface area contributed by atoms with E-state index in [0.717, 1.165) is 43.1 Å². The smallest absolute Gasteiger partial charge is 0.320 e. The van der Waals surface area contributed by atoms with Crippen molar-refractivity contribution in [1.82, 2.24) is 20.0 Å². The van der Waals surface area contributed by atoms with Gasteiger partial charge in [-0.3, -0.25) is 10.2 Å². The number of likely N-dealkylation sites (tertiary alicyclic amines) is 1. The highest BCUT2D eigenvalue weighted by molar-refractivity contribution is 6.34. The molecule has 2 aliphatic heterocycles. The summed E-state index contributed by atoms with van der Waals surface area (Å²) in [5.41, 5.74) is 2.23. The maximum Gasteiger partial charge on any atom is 0.320 e. The third kappa shape index (κ3) is 6.35. The second-order valence-corrected chi connectivity index (χ2v) is 10.6. The first-order chi connectivity index (χ1) is 18.9. The normalized spacial score (nSPS) is 22.2. The molecule has 3 aliphatic rings. The molecule has 11 heteroatoms. The largest absolute Gasteiger partial charge is 0.383 e. The lowest BCUT2D eigenvalue weighted by molar-refractivity contribution is 0.0844. The monoisotopic (exact) mass is 561 g/mol. The maximum absolute atomic E-state index is 14.1. The Morgan fingerprint density at radius 1 is 1.21 bits per heavy atom. The molecule has 0 unspecified atom stereocenters. The van der Waals surface area contributed by atoms with Crippen molar-refractivity contribution in [2.45, 2.75) is 43.6 Å². The van der Waals surface area contributed by atoms with Crippen LogP contribution in [0.25, 0.3) is 5.70 Å². The number of hydrogen-bond acceptors (Lipinski definition) is 5. The number of halogens is 3. The average Bonchev–Trinajstić information content (AvgIpc) is 3.50. The molecule has 0 bridgehead atoms. The van der Waals surface area contributed by atoms with Crippen LogP contribution in [0.1, 0.15) is 48.8 Å². The molecule has 39 heavy (non-hydrogen) atoms.